The van der Waals surface area contributed by atoms with E-state index in [1.54, 1.807) is 0 Å². The number of ether oxygens (including phenoxy) is 1. The number of aliphatic carboxylic acids is 1. The van der Waals surface area contributed by atoms with E-state index < -0.39 is 12.1 Å². The SMILES string of the molecule is O=C(O)C(F)(F)F.OC1CN(CN2CCOCC2)C1. The summed E-state index contributed by atoms with van der Waals surface area (Å²) in [4.78, 5) is 13.5. The molecule has 2 fully saturated rings. The fraction of sp³-hybridized carbons (Fsp3) is 0.900. The number of rotatable bonds is 2. The highest BCUT2D eigenvalue weighted by Gasteiger charge is 2.38. The molecule has 0 unspecified atom stereocenters. The highest BCUT2D eigenvalue weighted by atomic mass is 19.4. The molecular formula is C10H17F3N2O4. The van der Waals surface area contributed by atoms with Gasteiger partial charge in [-0.25, -0.2) is 4.79 Å². The van der Waals surface area contributed by atoms with Gasteiger partial charge in [0.1, 0.15) is 0 Å². The molecule has 0 bridgehead atoms. The second-order valence-corrected chi connectivity index (χ2v) is 4.36. The third-order valence-corrected chi connectivity index (χ3v) is 2.68. The molecule has 112 valence electrons. The number of hydrogen-bond donors (Lipinski definition) is 2. The normalized spacial score (nSPS) is 22.3. The van der Waals surface area contributed by atoms with Crippen molar-refractivity contribution in [3.8, 4) is 0 Å². The van der Waals surface area contributed by atoms with Crippen molar-refractivity contribution in [2.75, 3.05) is 46.1 Å². The first kappa shape index (κ1) is 16.2. The number of alkyl halides is 3. The summed E-state index contributed by atoms with van der Waals surface area (Å²) in [6, 6.07) is 0. The minimum Gasteiger partial charge on any atom is -0.475 e. The van der Waals surface area contributed by atoms with E-state index in [1.807, 2.05) is 0 Å². The summed E-state index contributed by atoms with van der Waals surface area (Å²) in [6.45, 7) is 6.47. The van der Waals surface area contributed by atoms with Gasteiger partial charge in [-0.05, 0) is 0 Å². The first-order valence-corrected chi connectivity index (χ1v) is 5.79. The number of aliphatic hydroxyl groups excluding tert-OH is 1. The molecule has 0 radical (unpaired) electrons. The molecule has 0 aromatic carbocycles. The van der Waals surface area contributed by atoms with Gasteiger partial charge in [0.25, 0.3) is 0 Å². The zero-order valence-electron chi connectivity index (χ0n) is 10.3. The van der Waals surface area contributed by atoms with E-state index >= 15 is 0 Å². The van der Waals surface area contributed by atoms with E-state index in [0.29, 0.717) is 0 Å². The Balaban J connectivity index is 0.000000224. The number of carbonyl (C=O) groups is 1. The van der Waals surface area contributed by atoms with Crippen LogP contribution in [0.3, 0.4) is 0 Å². The van der Waals surface area contributed by atoms with Gasteiger partial charge < -0.3 is 14.9 Å². The van der Waals surface area contributed by atoms with Gasteiger partial charge in [0.15, 0.2) is 0 Å². The molecule has 0 aromatic heterocycles. The van der Waals surface area contributed by atoms with Crippen molar-refractivity contribution in [1.29, 1.82) is 0 Å². The molecule has 6 nitrogen and oxygen atoms in total. The third kappa shape index (κ3) is 6.19. The highest BCUT2D eigenvalue weighted by molar-refractivity contribution is 5.73. The molecule has 2 aliphatic heterocycles. The molecule has 0 aliphatic carbocycles. The largest absolute Gasteiger partial charge is 0.490 e. The van der Waals surface area contributed by atoms with Crippen molar-refractivity contribution in [3.63, 3.8) is 0 Å². The Morgan fingerprint density at radius 1 is 1.21 bits per heavy atom. The van der Waals surface area contributed by atoms with E-state index in [2.05, 4.69) is 9.80 Å². The molecule has 0 spiro atoms. The van der Waals surface area contributed by atoms with Gasteiger partial charge in [-0.15, -0.1) is 0 Å². The molecule has 2 rings (SSSR count). The first-order valence-electron chi connectivity index (χ1n) is 5.79. The van der Waals surface area contributed by atoms with Crippen LogP contribution in [0, 0.1) is 0 Å². The van der Waals surface area contributed by atoms with Crippen LogP contribution in [-0.4, -0.2) is 84.3 Å². The Morgan fingerprint density at radius 2 is 1.68 bits per heavy atom. The van der Waals surface area contributed by atoms with Gasteiger partial charge in [-0.3, -0.25) is 9.80 Å². The fourth-order valence-electron chi connectivity index (χ4n) is 1.68. The fourth-order valence-corrected chi connectivity index (χ4v) is 1.68. The molecule has 19 heavy (non-hydrogen) atoms. The number of carboxylic acid groups (broad SMARTS) is 1. The molecule has 2 saturated heterocycles. The average Bonchev–Trinajstić information content (AvgIpc) is 2.28. The van der Waals surface area contributed by atoms with Crippen LogP contribution in [0.1, 0.15) is 0 Å². The van der Waals surface area contributed by atoms with Crippen LogP contribution in [0.4, 0.5) is 13.2 Å². The summed E-state index contributed by atoms with van der Waals surface area (Å²) < 4.78 is 37.0. The Labute approximate surface area is 108 Å². The van der Waals surface area contributed by atoms with Gasteiger partial charge in [0.05, 0.1) is 26.0 Å². The predicted octanol–water partition coefficient (Wildman–Crippen LogP) is -0.414. The Kier molecular flexibility index (Phi) is 5.98. The molecule has 0 aromatic rings. The Bertz CT molecular complexity index is 289. The van der Waals surface area contributed by atoms with Crippen LogP contribution in [0.5, 0.6) is 0 Å². The van der Waals surface area contributed by atoms with E-state index in [9.17, 15) is 13.2 Å². The number of morpholine rings is 1. The topological polar surface area (TPSA) is 73.2 Å². The zero-order valence-corrected chi connectivity index (χ0v) is 10.3. The second-order valence-electron chi connectivity index (χ2n) is 4.36. The smallest absolute Gasteiger partial charge is 0.475 e. The van der Waals surface area contributed by atoms with Crippen LogP contribution >= 0.6 is 0 Å². The summed E-state index contributed by atoms with van der Waals surface area (Å²) in [6.07, 6.45) is -5.16. The molecule has 2 aliphatic rings. The maximum Gasteiger partial charge on any atom is 0.490 e. The van der Waals surface area contributed by atoms with Crippen molar-refractivity contribution in [1.82, 2.24) is 9.80 Å². The van der Waals surface area contributed by atoms with E-state index in [1.165, 1.54) is 0 Å². The molecule has 2 heterocycles. The van der Waals surface area contributed by atoms with Crippen molar-refractivity contribution in [2.45, 2.75) is 12.3 Å². The van der Waals surface area contributed by atoms with E-state index in [4.69, 9.17) is 19.7 Å². The summed E-state index contributed by atoms with van der Waals surface area (Å²) in [5.41, 5.74) is 0. The third-order valence-electron chi connectivity index (χ3n) is 2.68. The summed E-state index contributed by atoms with van der Waals surface area (Å²) in [5, 5.41) is 16.2. The number of aliphatic hydroxyl groups is 1. The van der Waals surface area contributed by atoms with E-state index in [0.717, 1.165) is 46.1 Å². The standard InChI is InChI=1S/C8H16N2O2.C2HF3O2/c11-8-5-10(6-8)7-9-1-3-12-4-2-9;3-2(4,5)1(6)7/h8,11H,1-7H2;(H,6,7). The van der Waals surface area contributed by atoms with Crippen molar-refractivity contribution in [3.05, 3.63) is 0 Å². The minimum absolute atomic E-state index is 0.0777. The first-order chi connectivity index (χ1) is 8.79. The lowest BCUT2D eigenvalue weighted by atomic mass is 10.2. The van der Waals surface area contributed by atoms with Crippen LogP contribution in [-0.2, 0) is 9.53 Å². The second kappa shape index (κ2) is 7.04. The van der Waals surface area contributed by atoms with Crippen LogP contribution in [0.25, 0.3) is 0 Å². The lowest BCUT2D eigenvalue weighted by molar-refractivity contribution is -0.192. The summed E-state index contributed by atoms with van der Waals surface area (Å²) in [7, 11) is 0. The lowest BCUT2D eigenvalue weighted by Crippen LogP contribution is -2.56. The maximum atomic E-state index is 10.6. The van der Waals surface area contributed by atoms with Crippen molar-refractivity contribution in [2.24, 2.45) is 0 Å². The summed E-state index contributed by atoms with van der Waals surface area (Å²) >= 11 is 0. The number of β-amino-alcohol motifs (C(OH)–C–C–N with tert-alkyl or cyclic N) is 1. The molecule has 0 atom stereocenters. The van der Waals surface area contributed by atoms with E-state index in [-0.39, 0.29) is 6.10 Å². The molecular weight excluding hydrogens is 269 g/mol. The number of hydrogen-bond acceptors (Lipinski definition) is 5. The predicted molar refractivity (Wildman–Crippen MR) is 58.5 cm³/mol. The van der Waals surface area contributed by atoms with Gasteiger partial charge >= 0.3 is 12.1 Å². The number of nitrogens with zero attached hydrogens (tertiary/aromatic N) is 2. The maximum absolute atomic E-state index is 10.6. The van der Waals surface area contributed by atoms with Gasteiger partial charge in [-0.1, -0.05) is 0 Å². The molecule has 2 N–H and O–H groups in total. The van der Waals surface area contributed by atoms with Crippen LogP contribution in [0.2, 0.25) is 0 Å². The number of halogens is 3. The Hall–Kier alpha value is -0.900. The quantitative estimate of drug-likeness (QED) is 0.719. The molecule has 0 amide bonds. The van der Waals surface area contributed by atoms with Gasteiger partial charge in [0.2, 0.25) is 0 Å². The van der Waals surface area contributed by atoms with Crippen LogP contribution in [0.15, 0.2) is 0 Å². The minimum atomic E-state index is -5.08. The van der Waals surface area contributed by atoms with Crippen molar-refractivity contribution >= 4 is 5.97 Å². The Morgan fingerprint density at radius 3 is 2.05 bits per heavy atom. The monoisotopic (exact) mass is 286 g/mol. The highest BCUT2D eigenvalue weighted by Crippen LogP contribution is 2.13. The lowest BCUT2D eigenvalue weighted by Gasteiger charge is -2.40. The average molecular weight is 286 g/mol. The summed E-state index contributed by atoms with van der Waals surface area (Å²) in [5.74, 6) is -2.76. The van der Waals surface area contributed by atoms with Gasteiger partial charge in [-0.2, -0.15) is 13.2 Å². The molecule has 9 heteroatoms. The van der Waals surface area contributed by atoms with Crippen molar-refractivity contribution < 1.29 is 32.9 Å². The number of likely N-dealkylation sites (tertiary alicyclic amines) is 1. The zero-order chi connectivity index (χ0) is 14.5. The van der Waals surface area contributed by atoms with Gasteiger partial charge in [0, 0.05) is 26.2 Å². The van der Waals surface area contributed by atoms with Crippen LogP contribution < -0.4 is 0 Å². The molecule has 0 saturated carbocycles. The number of carboxylic acids is 1.